The minimum Gasteiger partial charge on any atom is -0.493 e. The van der Waals surface area contributed by atoms with Crippen molar-refractivity contribution in [2.24, 2.45) is 29.4 Å². The lowest BCUT2D eigenvalue weighted by Crippen LogP contribution is -2.56. The maximum Gasteiger partial charge on any atom is 0.306 e. The summed E-state index contributed by atoms with van der Waals surface area (Å²) in [4.78, 5) is 142. The van der Waals surface area contributed by atoms with Crippen molar-refractivity contribution in [1.29, 1.82) is 0 Å². The van der Waals surface area contributed by atoms with Crippen molar-refractivity contribution in [2.45, 2.75) is 146 Å². The van der Waals surface area contributed by atoms with Crippen LogP contribution in [0.1, 0.15) is 98.5 Å². The SMILES string of the molecule is CC[C@H](C)[C@@H]1NC(=O)CNC(=O)C2CC(=O)[C@H]([C@@H](C)[C@@H](O)CO)NC(=O)[C@@H]3CC(O)CN3C(=O)[C@H](CC(N)=O)CC(=O)C(C[S@@](=O)c3[nH]c4cc(OCCCSSCCCC(=O)OC(C)(C)C)ccc4c3C2)NC(=O)CNC1=O. The predicted molar refractivity (Wildman–Crippen MR) is 293 cm³/mol. The summed E-state index contributed by atoms with van der Waals surface area (Å²) < 4.78 is 26.5. The third kappa shape index (κ3) is 18.7. The second-order valence-corrected chi connectivity index (χ2v) is 25.4. The Labute approximate surface area is 468 Å². The molecule has 7 amide bonds. The summed E-state index contributed by atoms with van der Waals surface area (Å²) >= 11 is 0. The van der Waals surface area contributed by atoms with Crippen LogP contribution in [0.25, 0.3) is 10.9 Å². The first-order valence-electron chi connectivity index (χ1n) is 26.5. The van der Waals surface area contributed by atoms with Crippen molar-refractivity contribution in [2.75, 3.05) is 50.1 Å². The number of aliphatic hydroxyl groups is 3. The molecule has 2 aromatic rings. The van der Waals surface area contributed by atoms with Gasteiger partial charge in [-0.15, -0.1) is 0 Å². The number of aromatic nitrogens is 1. The van der Waals surface area contributed by atoms with Gasteiger partial charge >= 0.3 is 5.97 Å². The number of primary amides is 1. The molecule has 3 aliphatic rings. The number of nitrogens with zero attached hydrogens (tertiary/aromatic N) is 1. The molecule has 24 nitrogen and oxygen atoms in total. The molecule has 0 radical (unpaired) electrons. The van der Waals surface area contributed by atoms with Crippen LogP contribution in [0.15, 0.2) is 23.2 Å². The van der Waals surface area contributed by atoms with E-state index in [1.165, 1.54) is 6.92 Å². The summed E-state index contributed by atoms with van der Waals surface area (Å²) in [5.41, 5.74) is 5.61. The monoisotopic (exact) mass is 1160 g/mol. The van der Waals surface area contributed by atoms with E-state index < -0.39 is 181 Å². The lowest BCUT2D eigenvalue weighted by molar-refractivity contribution is -0.154. The Morgan fingerprint density at radius 2 is 1.56 bits per heavy atom. The smallest absolute Gasteiger partial charge is 0.306 e. The zero-order valence-electron chi connectivity index (χ0n) is 45.4. The zero-order chi connectivity index (χ0) is 58.3. The van der Waals surface area contributed by atoms with Gasteiger partial charge in [-0.1, -0.05) is 48.8 Å². The maximum atomic E-state index is 15.0. The van der Waals surface area contributed by atoms with Gasteiger partial charge in [0.1, 0.15) is 28.5 Å². The quantitative estimate of drug-likeness (QED) is 0.0558. The minimum absolute atomic E-state index is 0.0539. The van der Waals surface area contributed by atoms with Gasteiger partial charge in [-0.05, 0) is 63.6 Å². The number of aliphatic hydroxyl groups excluding tert-OH is 3. The van der Waals surface area contributed by atoms with Crippen molar-refractivity contribution in [3.05, 3.63) is 23.8 Å². The molecule has 2 bridgehead atoms. The van der Waals surface area contributed by atoms with Gasteiger partial charge in [0.05, 0.1) is 78.6 Å². The molecular formula is C52H76N8O16S3. The first-order chi connectivity index (χ1) is 37.3. The molecule has 438 valence electrons. The molecule has 1 fully saturated rings. The topological polar surface area (TPSA) is 372 Å². The molecule has 0 aliphatic carbocycles. The van der Waals surface area contributed by atoms with E-state index in [0.717, 1.165) is 16.4 Å². The van der Waals surface area contributed by atoms with Gasteiger partial charge in [0, 0.05) is 73.4 Å². The molecule has 4 heterocycles. The lowest BCUT2D eigenvalue weighted by Gasteiger charge is -2.32. The van der Waals surface area contributed by atoms with E-state index in [0.29, 0.717) is 48.9 Å². The molecule has 11 atom stereocenters. The Morgan fingerprint density at radius 3 is 2.22 bits per heavy atom. The second-order valence-electron chi connectivity index (χ2n) is 21.3. The fraction of sp³-hybridized carbons (Fsp3) is 0.654. The van der Waals surface area contributed by atoms with Crippen LogP contribution in [0.3, 0.4) is 0 Å². The number of H-pyrrole nitrogens is 1. The standard InChI is InChI=1S/C52H76N8O16S3/c1-7-27(2)45-49(72)55-22-42(67)56-36-26-79(74)50-34(33-12-11-32(21-35(33)57-50)75-13-9-15-78-77-14-8-10-44(69)76-52(4,5)6)16-29(47(70)54-23-43(68)58-45)17-39(64)46(28(3)40(65)25-61)59-48(71)37-20-31(62)24-60(37)51(73)30(18-38(36)63)19-41(53)66/h11-12,21,27-31,36-37,40,45-46,57,61-62,65H,7-10,13-20,22-26H2,1-6H3,(H2,53,66)(H,54,70)(H,55,72)(H,56,67)(H,58,68)(H,59,71)/t27-,28-,29?,30-,31?,36?,37-,40-,45-,46-,79+/m0/s1. The number of nitrogens with two attached hydrogens (primary N) is 1. The average Bonchev–Trinajstić information content (AvgIpc) is 3.96. The number of carbonyl (C=O) groups is 10. The molecule has 1 aromatic heterocycles. The molecule has 3 aliphatic heterocycles. The maximum absolute atomic E-state index is 15.0. The van der Waals surface area contributed by atoms with E-state index >= 15 is 4.21 Å². The molecule has 5 rings (SSSR count). The Morgan fingerprint density at radius 1 is 0.886 bits per heavy atom. The van der Waals surface area contributed by atoms with Gasteiger partial charge in [-0.3, -0.25) is 52.2 Å². The summed E-state index contributed by atoms with van der Waals surface area (Å²) in [6.07, 6.45) is -3.95. The molecule has 0 spiro atoms. The molecule has 3 unspecified atom stereocenters. The van der Waals surface area contributed by atoms with Crippen LogP contribution < -0.4 is 37.1 Å². The average molecular weight is 1170 g/mol. The molecule has 79 heavy (non-hydrogen) atoms. The van der Waals surface area contributed by atoms with Crippen LogP contribution in [0.2, 0.25) is 0 Å². The number of carbonyl (C=O) groups excluding carboxylic acids is 10. The van der Waals surface area contributed by atoms with E-state index in [1.54, 1.807) is 53.6 Å². The van der Waals surface area contributed by atoms with Crippen LogP contribution in [0, 0.1) is 23.7 Å². The van der Waals surface area contributed by atoms with Crippen LogP contribution in [0.5, 0.6) is 5.75 Å². The van der Waals surface area contributed by atoms with Crippen LogP contribution in [-0.4, -0.2) is 180 Å². The third-order valence-corrected chi connectivity index (χ3v) is 17.9. The fourth-order valence-electron chi connectivity index (χ4n) is 9.43. The number of amides is 7. The van der Waals surface area contributed by atoms with E-state index in [1.807, 2.05) is 20.8 Å². The first-order valence-corrected chi connectivity index (χ1v) is 30.3. The molecule has 0 saturated carbocycles. The summed E-state index contributed by atoms with van der Waals surface area (Å²) in [5.74, 6) is -12.0. The Hall–Kier alpha value is -5.61. The van der Waals surface area contributed by atoms with Gasteiger partial charge in [-0.2, -0.15) is 0 Å². The van der Waals surface area contributed by atoms with E-state index in [4.69, 9.17) is 15.2 Å². The number of ether oxygens (including phenoxy) is 2. The number of aromatic amines is 1. The van der Waals surface area contributed by atoms with Gasteiger partial charge in [0.15, 0.2) is 11.6 Å². The van der Waals surface area contributed by atoms with E-state index in [-0.39, 0.29) is 29.4 Å². The highest BCUT2D eigenvalue weighted by molar-refractivity contribution is 8.76. The number of fused-ring (bicyclic) bond motifs is 5. The van der Waals surface area contributed by atoms with Crippen molar-refractivity contribution >= 4 is 102 Å². The number of hydrogen-bond donors (Lipinski definition) is 10. The molecule has 1 aromatic carbocycles. The summed E-state index contributed by atoms with van der Waals surface area (Å²) in [6, 6.07) is -1.18. The predicted octanol–water partition coefficient (Wildman–Crippen LogP) is -0.172. The molecule has 1 saturated heterocycles. The van der Waals surface area contributed by atoms with Gasteiger partial charge in [0.25, 0.3) is 0 Å². The zero-order valence-corrected chi connectivity index (χ0v) is 47.9. The number of rotatable bonds is 17. The van der Waals surface area contributed by atoms with Crippen molar-refractivity contribution in [1.82, 2.24) is 36.5 Å². The number of Topliss-reactive ketones (excluding diaryl/α,β-unsaturated/α-hetero) is 2. The van der Waals surface area contributed by atoms with Crippen molar-refractivity contribution in [3.8, 4) is 5.75 Å². The van der Waals surface area contributed by atoms with Crippen LogP contribution in [-0.2, 0) is 69.9 Å². The van der Waals surface area contributed by atoms with Crippen molar-refractivity contribution in [3.63, 3.8) is 0 Å². The summed E-state index contributed by atoms with van der Waals surface area (Å²) in [6.45, 7) is 7.78. The fourth-order valence-corrected chi connectivity index (χ4v) is 13.0. The number of esters is 1. The molecule has 11 N–H and O–H groups in total. The highest BCUT2D eigenvalue weighted by Crippen LogP contribution is 2.33. The van der Waals surface area contributed by atoms with Gasteiger partial charge in [-0.25, -0.2) is 0 Å². The Balaban J connectivity index is 1.59. The highest BCUT2D eigenvalue weighted by Gasteiger charge is 2.45. The number of nitrogens with one attached hydrogen (secondary N) is 6. The minimum atomic E-state index is -2.32. The summed E-state index contributed by atoms with van der Waals surface area (Å²) in [5, 5.41) is 44.8. The van der Waals surface area contributed by atoms with Crippen LogP contribution in [0.4, 0.5) is 0 Å². The Bertz CT molecular complexity index is 2590. The van der Waals surface area contributed by atoms with Gasteiger partial charge < -0.3 is 67.0 Å². The lowest BCUT2D eigenvalue weighted by atomic mass is 9.85. The molecular weight excluding hydrogens is 1090 g/mol. The second kappa shape index (κ2) is 29.7. The number of benzene rings is 1. The largest absolute Gasteiger partial charge is 0.493 e. The van der Waals surface area contributed by atoms with Crippen LogP contribution >= 0.6 is 21.6 Å². The summed E-state index contributed by atoms with van der Waals surface area (Å²) in [7, 11) is 0.929. The van der Waals surface area contributed by atoms with Gasteiger partial charge in [0.2, 0.25) is 41.4 Å². The number of hydrogen-bond acceptors (Lipinski definition) is 18. The van der Waals surface area contributed by atoms with E-state index in [9.17, 15) is 63.3 Å². The van der Waals surface area contributed by atoms with Crippen molar-refractivity contribution < 1.29 is 76.9 Å². The third-order valence-electron chi connectivity index (χ3n) is 13.9. The highest BCUT2D eigenvalue weighted by atomic mass is 33.1. The molecule has 27 heteroatoms. The normalized spacial score (nSPS) is 25.7. The first kappa shape index (κ1) is 64.2. The number of ketones is 2. The Kier molecular flexibility index (Phi) is 24.2. The van der Waals surface area contributed by atoms with E-state index in [2.05, 4.69) is 31.6 Å².